The van der Waals surface area contributed by atoms with E-state index in [0.29, 0.717) is 0 Å². The predicted molar refractivity (Wildman–Crippen MR) is 83.4 cm³/mol. The lowest BCUT2D eigenvalue weighted by molar-refractivity contribution is 0.424. The van der Waals surface area contributed by atoms with Crippen molar-refractivity contribution in [2.75, 3.05) is 11.9 Å². The smallest absolute Gasteiger partial charge is 0.0572 e. The molecule has 3 nitrogen and oxygen atoms in total. The van der Waals surface area contributed by atoms with Gasteiger partial charge in [0.05, 0.1) is 11.9 Å². The Morgan fingerprint density at radius 3 is 2.47 bits per heavy atom. The van der Waals surface area contributed by atoms with Crippen LogP contribution in [0.5, 0.6) is 0 Å². The number of nitrogens with zero attached hydrogens (tertiary/aromatic N) is 1. The van der Waals surface area contributed by atoms with Crippen molar-refractivity contribution in [3.05, 3.63) is 24.0 Å². The van der Waals surface area contributed by atoms with Gasteiger partial charge < -0.3 is 10.6 Å². The summed E-state index contributed by atoms with van der Waals surface area (Å²) in [6, 6.07) is 2.09. The second kappa shape index (κ2) is 7.49. The van der Waals surface area contributed by atoms with Crippen LogP contribution in [0.2, 0.25) is 0 Å². The molecule has 19 heavy (non-hydrogen) atoms. The first-order chi connectivity index (χ1) is 8.96. The van der Waals surface area contributed by atoms with Gasteiger partial charge in [-0.05, 0) is 38.3 Å². The first kappa shape index (κ1) is 16.0. The zero-order valence-electron chi connectivity index (χ0n) is 13.1. The van der Waals surface area contributed by atoms with Crippen molar-refractivity contribution in [3.63, 3.8) is 0 Å². The number of pyridine rings is 1. The molecule has 0 unspecified atom stereocenters. The van der Waals surface area contributed by atoms with E-state index in [1.807, 2.05) is 12.4 Å². The van der Waals surface area contributed by atoms with Crippen LogP contribution < -0.4 is 10.6 Å². The maximum absolute atomic E-state index is 4.23. The molecule has 108 valence electrons. The number of anilines is 1. The Morgan fingerprint density at radius 1 is 1.21 bits per heavy atom. The lowest BCUT2D eigenvalue weighted by Crippen LogP contribution is -2.35. The maximum Gasteiger partial charge on any atom is 0.0572 e. The monoisotopic (exact) mass is 263 g/mol. The van der Waals surface area contributed by atoms with Crippen molar-refractivity contribution >= 4 is 5.69 Å². The quantitative estimate of drug-likeness (QED) is 0.785. The molecule has 0 aliphatic rings. The van der Waals surface area contributed by atoms with E-state index in [-0.39, 0.29) is 5.54 Å². The van der Waals surface area contributed by atoms with E-state index in [0.717, 1.165) is 24.7 Å². The van der Waals surface area contributed by atoms with Gasteiger partial charge in [-0.15, -0.1) is 0 Å². The van der Waals surface area contributed by atoms with Gasteiger partial charge in [-0.2, -0.15) is 0 Å². The molecule has 1 aromatic heterocycles. The van der Waals surface area contributed by atoms with Gasteiger partial charge in [0.25, 0.3) is 0 Å². The molecule has 1 heterocycles. The lowest BCUT2D eigenvalue weighted by Gasteiger charge is -2.22. The molecule has 0 aliphatic carbocycles. The largest absolute Gasteiger partial charge is 0.383 e. The van der Waals surface area contributed by atoms with Crippen LogP contribution >= 0.6 is 0 Å². The molecule has 3 heteroatoms. The summed E-state index contributed by atoms with van der Waals surface area (Å²) in [5, 5.41) is 7.08. The van der Waals surface area contributed by atoms with Gasteiger partial charge in [0.2, 0.25) is 0 Å². The fourth-order valence-corrected chi connectivity index (χ4v) is 1.93. The van der Waals surface area contributed by atoms with E-state index in [9.17, 15) is 0 Å². The highest BCUT2D eigenvalue weighted by Gasteiger charge is 2.11. The predicted octanol–water partition coefficient (Wildman–Crippen LogP) is 3.82. The third kappa shape index (κ3) is 6.06. The molecule has 1 rings (SSSR count). The first-order valence-corrected chi connectivity index (χ1v) is 7.38. The minimum atomic E-state index is 0.135. The second-order valence-corrected chi connectivity index (χ2v) is 6.20. The van der Waals surface area contributed by atoms with E-state index >= 15 is 0 Å². The molecule has 0 spiro atoms. The average molecular weight is 263 g/mol. The summed E-state index contributed by atoms with van der Waals surface area (Å²) in [5.74, 6) is 0.739. The summed E-state index contributed by atoms with van der Waals surface area (Å²) in [5.41, 5.74) is 2.58. The van der Waals surface area contributed by atoms with E-state index in [1.165, 1.54) is 18.4 Å². The van der Waals surface area contributed by atoms with Crippen LogP contribution in [0, 0.1) is 5.92 Å². The van der Waals surface area contributed by atoms with Gasteiger partial charge in [0, 0.05) is 24.8 Å². The van der Waals surface area contributed by atoms with Crippen LogP contribution in [0.25, 0.3) is 0 Å². The van der Waals surface area contributed by atoms with Gasteiger partial charge in [-0.25, -0.2) is 0 Å². The van der Waals surface area contributed by atoms with Crippen LogP contribution in [0.4, 0.5) is 5.69 Å². The number of hydrogen-bond acceptors (Lipinski definition) is 3. The van der Waals surface area contributed by atoms with Crippen LogP contribution in [0.1, 0.15) is 53.0 Å². The van der Waals surface area contributed by atoms with Crippen molar-refractivity contribution in [2.24, 2.45) is 5.92 Å². The molecule has 0 bridgehead atoms. The van der Waals surface area contributed by atoms with Crippen molar-refractivity contribution in [3.8, 4) is 0 Å². The molecule has 0 saturated carbocycles. The zero-order chi connectivity index (χ0) is 14.3. The Bertz CT molecular complexity index is 365. The van der Waals surface area contributed by atoms with Crippen LogP contribution in [-0.2, 0) is 6.54 Å². The van der Waals surface area contributed by atoms with Crippen molar-refractivity contribution in [2.45, 2.75) is 59.5 Å². The van der Waals surface area contributed by atoms with Gasteiger partial charge in [-0.1, -0.05) is 26.7 Å². The SMILES string of the molecule is CCC(CC)CNc1cnccc1CNC(C)(C)C. The Labute approximate surface area is 118 Å². The topological polar surface area (TPSA) is 37.0 Å². The fraction of sp³-hybridized carbons (Fsp3) is 0.688. The van der Waals surface area contributed by atoms with Crippen LogP contribution in [0.15, 0.2) is 18.5 Å². The minimum absolute atomic E-state index is 0.135. The molecule has 2 N–H and O–H groups in total. The van der Waals surface area contributed by atoms with E-state index < -0.39 is 0 Å². The van der Waals surface area contributed by atoms with Gasteiger partial charge in [0.15, 0.2) is 0 Å². The summed E-state index contributed by atoms with van der Waals surface area (Å²) >= 11 is 0. The molecular formula is C16H29N3. The molecule has 0 aromatic carbocycles. The molecule has 0 radical (unpaired) electrons. The van der Waals surface area contributed by atoms with E-state index in [4.69, 9.17) is 0 Å². The zero-order valence-corrected chi connectivity index (χ0v) is 13.1. The van der Waals surface area contributed by atoms with E-state index in [2.05, 4.69) is 56.3 Å². The summed E-state index contributed by atoms with van der Waals surface area (Å²) in [4.78, 5) is 4.23. The van der Waals surface area contributed by atoms with Crippen LogP contribution in [-0.4, -0.2) is 17.1 Å². The maximum atomic E-state index is 4.23. The number of aromatic nitrogens is 1. The number of hydrogen-bond donors (Lipinski definition) is 2. The minimum Gasteiger partial charge on any atom is -0.383 e. The Kier molecular flexibility index (Phi) is 6.29. The Balaban J connectivity index is 2.62. The summed E-state index contributed by atoms with van der Waals surface area (Å²) in [6.07, 6.45) is 6.24. The number of rotatable bonds is 7. The Hall–Kier alpha value is -1.09. The number of nitrogens with one attached hydrogen (secondary N) is 2. The Morgan fingerprint density at radius 2 is 1.89 bits per heavy atom. The molecule has 0 aliphatic heterocycles. The molecule has 0 amide bonds. The first-order valence-electron chi connectivity index (χ1n) is 7.38. The summed E-state index contributed by atoms with van der Waals surface area (Å²) < 4.78 is 0. The molecule has 0 saturated heterocycles. The summed E-state index contributed by atoms with van der Waals surface area (Å²) in [7, 11) is 0. The van der Waals surface area contributed by atoms with Gasteiger partial charge in [0.1, 0.15) is 0 Å². The molecule has 1 aromatic rings. The molecule has 0 atom stereocenters. The van der Waals surface area contributed by atoms with Crippen molar-refractivity contribution in [1.29, 1.82) is 0 Å². The highest BCUT2D eigenvalue weighted by atomic mass is 15.0. The highest BCUT2D eigenvalue weighted by Crippen LogP contribution is 2.16. The molecule has 0 fully saturated rings. The lowest BCUT2D eigenvalue weighted by atomic mass is 10.0. The van der Waals surface area contributed by atoms with Gasteiger partial charge in [-0.3, -0.25) is 4.98 Å². The normalized spacial score (nSPS) is 11.9. The highest BCUT2D eigenvalue weighted by molar-refractivity contribution is 5.48. The van der Waals surface area contributed by atoms with Crippen molar-refractivity contribution < 1.29 is 0 Å². The fourth-order valence-electron chi connectivity index (χ4n) is 1.93. The molecular weight excluding hydrogens is 234 g/mol. The second-order valence-electron chi connectivity index (χ2n) is 6.20. The average Bonchev–Trinajstić information content (AvgIpc) is 2.38. The van der Waals surface area contributed by atoms with Crippen molar-refractivity contribution in [1.82, 2.24) is 10.3 Å². The third-order valence-electron chi connectivity index (χ3n) is 3.46. The van der Waals surface area contributed by atoms with Crippen LogP contribution in [0.3, 0.4) is 0 Å². The van der Waals surface area contributed by atoms with E-state index in [1.54, 1.807) is 0 Å². The third-order valence-corrected chi connectivity index (χ3v) is 3.46. The summed E-state index contributed by atoms with van der Waals surface area (Å²) in [6.45, 7) is 13.0. The standard InChI is InChI=1S/C16H29N3/c1-6-13(7-2)10-18-15-12-17-9-8-14(15)11-19-16(3,4)5/h8-9,12-13,18-19H,6-7,10-11H2,1-5H3. The van der Waals surface area contributed by atoms with Gasteiger partial charge >= 0.3 is 0 Å².